The standard InChI is InChI=1S/C19H31NO/c1-4-15-21-17-12-8-7-11-16(17)18(20-5-2)19(3)13-9-6-10-14-19/h7-8,11-12,18,20H,4-6,9-10,13-15H2,1-3H3. The van der Waals surface area contributed by atoms with E-state index in [2.05, 4.69) is 50.4 Å². The summed E-state index contributed by atoms with van der Waals surface area (Å²) in [5.74, 6) is 1.07. The molecule has 0 aliphatic heterocycles. The first-order chi connectivity index (χ1) is 10.2. The zero-order chi connectivity index (χ0) is 15.1. The van der Waals surface area contributed by atoms with E-state index in [1.54, 1.807) is 0 Å². The molecule has 0 aromatic heterocycles. The van der Waals surface area contributed by atoms with E-state index in [1.165, 1.54) is 37.7 Å². The summed E-state index contributed by atoms with van der Waals surface area (Å²) in [6, 6.07) is 9.00. The number of nitrogens with one attached hydrogen (secondary N) is 1. The molecule has 1 aromatic carbocycles. The lowest BCUT2D eigenvalue weighted by molar-refractivity contribution is 0.143. The number of benzene rings is 1. The van der Waals surface area contributed by atoms with Crippen molar-refractivity contribution in [1.29, 1.82) is 0 Å². The van der Waals surface area contributed by atoms with Crippen LogP contribution in [0.15, 0.2) is 24.3 Å². The highest BCUT2D eigenvalue weighted by Gasteiger charge is 2.37. The fourth-order valence-electron chi connectivity index (χ4n) is 3.65. The molecule has 1 N–H and O–H groups in total. The molecule has 118 valence electrons. The lowest BCUT2D eigenvalue weighted by atomic mass is 9.68. The van der Waals surface area contributed by atoms with Crippen LogP contribution in [-0.4, -0.2) is 13.2 Å². The molecule has 0 saturated heterocycles. The molecule has 21 heavy (non-hydrogen) atoms. The molecule has 1 aliphatic rings. The average Bonchev–Trinajstić information content (AvgIpc) is 2.51. The van der Waals surface area contributed by atoms with Crippen molar-refractivity contribution in [2.45, 2.75) is 65.3 Å². The fourth-order valence-corrected chi connectivity index (χ4v) is 3.65. The van der Waals surface area contributed by atoms with Crippen molar-refractivity contribution in [3.63, 3.8) is 0 Å². The van der Waals surface area contributed by atoms with Gasteiger partial charge in [0.15, 0.2) is 0 Å². The molecule has 2 rings (SSSR count). The molecule has 0 spiro atoms. The Morgan fingerprint density at radius 2 is 1.86 bits per heavy atom. The van der Waals surface area contributed by atoms with Crippen LogP contribution >= 0.6 is 0 Å². The Labute approximate surface area is 130 Å². The van der Waals surface area contributed by atoms with E-state index in [9.17, 15) is 0 Å². The first kappa shape index (κ1) is 16.4. The topological polar surface area (TPSA) is 21.3 Å². The number of ether oxygens (including phenoxy) is 1. The predicted octanol–water partition coefficient (Wildman–Crippen LogP) is 5.10. The second-order valence-corrected chi connectivity index (χ2v) is 6.59. The van der Waals surface area contributed by atoms with E-state index < -0.39 is 0 Å². The molecular formula is C19H31NO. The molecule has 0 radical (unpaired) electrons. The second-order valence-electron chi connectivity index (χ2n) is 6.59. The van der Waals surface area contributed by atoms with E-state index in [-0.39, 0.29) is 0 Å². The molecule has 0 bridgehead atoms. The molecule has 1 saturated carbocycles. The van der Waals surface area contributed by atoms with E-state index in [0.717, 1.165) is 25.3 Å². The minimum absolute atomic E-state index is 0.347. The number of rotatable bonds is 7. The molecule has 1 aromatic rings. The van der Waals surface area contributed by atoms with Crippen LogP contribution in [-0.2, 0) is 0 Å². The van der Waals surface area contributed by atoms with Gasteiger partial charge in [-0.3, -0.25) is 0 Å². The van der Waals surface area contributed by atoms with Crippen LogP contribution in [0.2, 0.25) is 0 Å². The Bertz CT molecular complexity index is 423. The van der Waals surface area contributed by atoms with Crippen LogP contribution in [0.3, 0.4) is 0 Å². The molecule has 1 atom stereocenters. The molecule has 0 amide bonds. The van der Waals surface area contributed by atoms with Crippen LogP contribution < -0.4 is 10.1 Å². The Morgan fingerprint density at radius 1 is 1.14 bits per heavy atom. The van der Waals surface area contributed by atoms with Crippen molar-refractivity contribution >= 4 is 0 Å². The van der Waals surface area contributed by atoms with Gasteiger partial charge in [0, 0.05) is 11.6 Å². The van der Waals surface area contributed by atoms with Gasteiger partial charge in [-0.05, 0) is 37.3 Å². The summed E-state index contributed by atoms with van der Waals surface area (Å²) in [5, 5.41) is 3.75. The van der Waals surface area contributed by atoms with E-state index >= 15 is 0 Å². The number of hydrogen-bond acceptors (Lipinski definition) is 2. The first-order valence-corrected chi connectivity index (χ1v) is 8.66. The molecular weight excluding hydrogens is 258 g/mol. The molecule has 0 heterocycles. The maximum absolute atomic E-state index is 6.01. The quantitative estimate of drug-likeness (QED) is 0.754. The molecule has 2 nitrogen and oxygen atoms in total. The molecule has 1 aliphatic carbocycles. The van der Waals surface area contributed by atoms with Gasteiger partial charge in [0.05, 0.1) is 6.61 Å². The van der Waals surface area contributed by atoms with Crippen LogP contribution in [0.4, 0.5) is 0 Å². The largest absolute Gasteiger partial charge is 0.493 e. The normalized spacial score (nSPS) is 19.2. The zero-order valence-electron chi connectivity index (χ0n) is 14.0. The molecule has 1 fully saturated rings. The van der Waals surface area contributed by atoms with Crippen LogP contribution in [0.1, 0.15) is 70.9 Å². The van der Waals surface area contributed by atoms with Crippen LogP contribution in [0.25, 0.3) is 0 Å². The maximum Gasteiger partial charge on any atom is 0.124 e. The van der Waals surface area contributed by atoms with Gasteiger partial charge in [0.2, 0.25) is 0 Å². The summed E-state index contributed by atoms with van der Waals surface area (Å²) in [7, 11) is 0. The summed E-state index contributed by atoms with van der Waals surface area (Å²) in [6.45, 7) is 8.62. The number of hydrogen-bond donors (Lipinski definition) is 1. The minimum atomic E-state index is 0.347. The summed E-state index contributed by atoms with van der Waals surface area (Å²) in [5.41, 5.74) is 1.69. The van der Waals surface area contributed by atoms with Crippen molar-refractivity contribution in [2.75, 3.05) is 13.2 Å². The predicted molar refractivity (Wildman–Crippen MR) is 89.8 cm³/mol. The van der Waals surface area contributed by atoms with Gasteiger partial charge in [-0.15, -0.1) is 0 Å². The second kappa shape index (κ2) is 7.84. The third kappa shape index (κ3) is 4.00. The summed E-state index contributed by atoms with van der Waals surface area (Å²) < 4.78 is 6.01. The zero-order valence-corrected chi connectivity index (χ0v) is 14.0. The van der Waals surface area contributed by atoms with Crippen molar-refractivity contribution in [2.24, 2.45) is 5.41 Å². The van der Waals surface area contributed by atoms with Gasteiger partial charge < -0.3 is 10.1 Å². The third-order valence-electron chi connectivity index (χ3n) is 4.79. The van der Waals surface area contributed by atoms with E-state index in [0.29, 0.717) is 11.5 Å². The Balaban J connectivity index is 2.28. The fraction of sp³-hybridized carbons (Fsp3) is 0.684. The van der Waals surface area contributed by atoms with E-state index in [1.807, 2.05) is 0 Å². The van der Waals surface area contributed by atoms with Crippen molar-refractivity contribution in [1.82, 2.24) is 5.32 Å². The van der Waals surface area contributed by atoms with Gasteiger partial charge in [-0.2, -0.15) is 0 Å². The SMILES string of the molecule is CCCOc1ccccc1C(NCC)C1(C)CCCCC1. The van der Waals surface area contributed by atoms with Crippen LogP contribution in [0.5, 0.6) is 5.75 Å². The maximum atomic E-state index is 6.01. The molecule has 2 heteroatoms. The smallest absolute Gasteiger partial charge is 0.124 e. The number of para-hydroxylation sites is 1. The first-order valence-electron chi connectivity index (χ1n) is 8.66. The van der Waals surface area contributed by atoms with Crippen molar-refractivity contribution in [3.8, 4) is 5.75 Å². The van der Waals surface area contributed by atoms with Gasteiger partial charge >= 0.3 is 0 Å². The molecule has 1 unspecified atom stereocenters. The summed E-state index contributed by atoms with van der Waals surface area (Å²) in [4.78, 5) is 0. The average molecular weight is 289 g/mol. The van der Waals surface area contributed by atoms with E-state index in [4.69, 9.17) is 4.74 Å². The Kier molecular flexibility index (Phi) is 6.10. The highest BCUT2D eigenvalue weighted by molar-refractivity contribution is 5.37. The summed E-state index contributed by atoms with van der Waals surface area (Å²) in [6.07, 6.45) is 7.78. The van der Waals surface area contributed by atoms with Gasteiger partial charge in [-0.25, -0.2) is 0 Å². The van der Waals surface area contributed by atoms with Gasteiger partial charge in [-0.1, -0.05) is 58.2 Å². The van der Waals surface area contributed by atoms with Crippen LogP contribution in [0, 0.1) is 5.41 Å². The Morgan fingerprint density at radius 3 is 2.52 bits per heavy atom. The Hall–Kier alpha value is -1.02. The summed E-state index contributed by atoms with van der Waals surface area (Å²) >= 11 is 0. The highest BCUT2D eigenvalue weighted by atomic mass is 16.5. The minimum Gasteiger partial charge on any atom is -0.493 e. The van der Waals surface area contributed by atoms with Gasteiger partial charge in [0.1, 0.15) is 5.75 Å². The lowest BCUT2D eigenvalue weighted by Crippen LogP contribution is -2.38. The van der Waals surface area contributed by atoms with Crippen molar-refractivity contribution < 1.29 is 4.74 Å². The highest BCUT2D eigenvalue weighted by Crippen LogP contribution is 2.47. The third-order valence-corrected chi connectivity index (χ3v) is 4.79. The van der Waals surface area contributed by atoms with Crippen molar-refractivity contribution in [3.05, 3.63) is 29.8 Å². The lowest BCUT2D eigenvalue weighted by Gasteiger charge is -2.42. The monoisotopic (exact) mass is 289 g/mol. The van der Waals surface area contributed by atoms with Gasteiger partial charge in [0.25, 0.3) is 0 Å².